The number of hydrogen-bond donors (Lipinski definition) is 0. The van der Waals surface area contributed by atoms with E-state index in [9.17, 15) is 0 Å². The first-order valence-electron chi connectivity index (χ1n) is 19.9. The molecule has 53 heavy (non-hydrogen) atoms. The van der Waals surface area contributed by atoms with Crippen LogP contribution in [0.2, 0.25) is 0 Å². The minimum Gasteiger partial charge on any atom is -0.493 e. The summed E-state index contributed by atoms with van der Waals surface area (Å²) in [4.78, 5) is 4.81. The van der Waals surface area contributed by atoms with E-state index in [-0.39, 0.29) is 11.1 Å². The normalized spacial score (nSPS) is 12.0. The Hall–Kier alpha value is -3.62. The molecule has 0 aliphatic heterocycles. The second kappa shape index (κ2) is 20.7. The first kappa shape index (κ1) is 40.6. The Balaban J connectivity index is 1.29. The maximum atomic E-state index is 16.1. The monoisotopic (exact) mass is 757 g/mol. The molecule has 0 bridgehead atoms. The predicted octanol–water partition coefficient (Wildman–Crippen LogP) is 14.9. The third-order valence-corrected chi connectivity index (χ3v) is 11.8. The van der Waals surface area contributed by atoms with E-state index in [2.05, 4.69) is 56.2 Å². The number of benzene rings is 2. The number of thiophene rings is 2. The van der Waals surface area contributed by atoms with Crippen LogP contribution in [0.3, 0.4) is 0 Å². The quantitative estimate of drug-likeness (QED) is 0.0660. The van der Waals surface area contributed by atoms with Gasteiger partial charge in [-0.25, -0.2) is 8.78 Å². The van der Waals surface area contributed by atoms with Crippen molar-refractivity contribution in [1.82, 2.24) is 15.0 Å². The highest BCUT2D eigenvalue weighted by Crippen LogP contribution is 2.43. The number of rotatable bonds is 22. The largest absolute Gasteiger partial charge is 0.493 e. The predicted molar refractivity (Wildman–Crippen MR) is 225 cm³/mol. The van der Waals surface area contributed by atoms with Crippen LogP contribution >= 0.6 is 22.7 Å². The van der Waals surface area contributed by atoms with Crippen molar-refractivity contribution in [2.45, 2.75) is 131 Å². The zero-order chi connectivity index (χ0) is 37.6. The van der Waals surface area contributed by atoms with Gasteiger partial charge in [-0.05, 0) is 93.3 Å². The number of hydrogen-bond acceptors (Lipinski definition) is 5. The Morgan fingerprint density at radius 1 is 0.660 bits per heavy atom. The van der Waals surface area contributed by atoms with Gasteiger partial charge in [0, 0.05) is 25.1 Å². The molecule has 0 aliphatic rings. The van der Waals surface area contributed by atoms with Crippen molar-refractivity contribution < 1.29 is 13.5 Å². The second-order valence-corrected chi connectivity index (χ2v) is 16.6. The fourth-order valence-electron chi connectivity index (χ4n) is 6.74. The molecule has 0 saturated heterocycles. The van der Waals surface area contributed by atoms with E-state index in [1.807, 2.05) is 44.2 Å². The molecule has 0 aliphatic carbocycles. The molecular weight excluding hydrogens is 701 g/mol. The number of unbranched alkanes of at least 4 members (excludes halogenated alkanes) is 12. The lowest BCUT2D eigenvalue weighted by molar-refractivity contribution is 0.303. The molecule has 0 fully saturated rings. The van der Waals surface area contributed by atoms with E-state index in [1.165, 1.54) is 98.9 Å². The topological polar surface area (TPSA) is 39.9 Å². The van der Waals surface area contributed by atoms with Crippen LogP contribution in [0, 0.1) is 25.5 Å². The minimum absolute atomic E-state index is 0.167. The van der Waals surface area contributed by atoms with E-state index in [0.29, 0.717) is 33.9 Å². The Morgan fingerprint density at radius 3 is 1.83 bits per heavy atom. The van der Waals surface area contributed by atoms with Crippen LogP contribution in [0.4, 0.5) is 8.78 Å². The molecule has 2 aromatic carbocycles. The summed E-state index contributed by atoms with van der Waals surface area (Å²) in [5.74, 6) is -0.908. The summed E-state index contributed by atoms with van der Waals surface area (Å²) in [7, 11) is 0. The summed E-state index contributed by atoms with van der Waals surface area (Å²) in [6, 6.07) is 11.8. The van der Waals surface area contributed by atoms with Crippen LogP contribution in [0.15, 0.2) is 42.5 Å². The number of halogens is 2. The van der Waals surface area contributed by atoms with Crippen molar-refractivity contribution in [3.05, 3.63) is 80.6 Å². The van der Waals surface area contributed by atoms with Gasteiger partial charge in [-0.3, -0.25) is 0 Å². The molecule has 0 N–H and O–H groups in total. The van der Waals surface area contributed by atoms with Crippen LogP contribution in [-0.4, -0.2) is 21.6 Å². The van der Waals surface area contributed by atoms with Crippen LogP contribution in [-0.2, 0) is 6.54 Å². The lowest BCUT2D eigenvalue weighted by Gasteiger charge is -2.13. The SMILES string of the molecule is C/C=C/c1cc(OCCCCCCCCCCCCCC)c(/C=C/c2ccc(-c3c(F)c(F)c(-c4ccc(C)s4)c4nn(CCCC)nc34)s2)cc1C. The van der Waals surface area contributed by atoms with Gasteiger partial charge < -0.3 is 4.74 Å². The molecule has 0 amide bonds. The molecule has 284 valence electrons. The van der Waals surface area contributed by atoms with E-state index in [0.717, 1.165) is 45.9 Å². The molecule has 0 spiro atoms. The van der Waals surface area contributed by atoms with Gasteiger partial charge in [0.25, 0.3) is 0 Å². The Morgan fingerprint density at radius 2 is 1.25 bits per heavy atom. The molecule has 5 aromatic rings. The molecule has 0 unspecified atom stereocenters. The van der Waals surface area contributed by atoms with Crippen LogP contribution in [0.5, 0.6) is 5.75 Å². The van der Waals surface area contributed by atoms with Crippen molar-refractivity contribution in [3.63, 3.8) is 0 Å². The van der Waals surface area contributed by atoms with Crippen molar-refractivity contribution in [1.29, 1.82) is 0 Å². The molecular formula is C45H57F2N3OS2. The van der Waals surface area contributed by atoms with Crippen molar-refractivity contribution in [2.75, 3.05) is 6.61 Å². The van der Waals surface area contributed by atoms with Gasteiger partial charge in [0.1, 0.15) is 16.8 Å². The average molecular weight is 758 g/mol. The molecule has 8 heteroatoms. The molecule has 5 rings (SSSR count). The number of aryl methyl sites for hydroxylation is 3. The fourth-order valence-corrected chi connectivity index (χ4v) is 8.60. The number of fused-ring (bicyclic) bond motifs is 1. The first-order valence-corrected chi connectivity index (χ1v) is 21.5. The lowest BCUT2D eigenvalue weighted by atomic mass is 10.0. The van der Waals surface area contributed by atoms with Crippen molar-refractivity contribution in [3.8, 4) is 26.6 Å². The second-order valence-electron chi connectivity index (χ2n) is 14.2. The first-order chi connectivity index (χ1) is 25.8. The van der Waals surface area contributed by atoms with Crippen LogP contribution in [0.25, 0.3) is 50.1 Å². The van der Waals surface area contributed by atoms with Gasteiger partial charge in [0.05, 0.1) is 24.3 Å². The third kappa shape index (κ3) is 11.0. The average Bonchev–Trinajstić information content (AvgIpc) is 3.91. The molecule has 3 heterocycles. The van der Waals surface area contributed by atoms with Gasteiger partial charge >= 0.3 is 0 Å². The highest BCUT2D eigenvalue weighted by molar-refractivity contribution is 7.16. The van der Waals surface area contributed by atoms with E-state index in [1.54, 1.807) is 4.80 Å². The minimum atomic E-state index is -0.887. The maximum absolute atomic E-state index is 16.1. The molecule has 4 nitrogen and oxygen atoms in total. The molecule has 3 aromatic heterocycles. The smallest absolute Gasteiger partial charge is 0.170 e. The summed E-state index contributed by atoms with van der Waals surface area (Å²) in [6.07, 6.45) is 25.8. The summed E-state index contributed by atoms with van der Waals surface area (Å²) < 4.78 is 38.5. The third-order valence-electron chi connectivity index (χ3n) is 9.76. The Kier molecular flexibility index (Phi) is 15.9. The van der Waals surface area contributed by atoms with Crippen molar-refractivity contribution >= 4 is 51.9 Å². The fraction of sp³-hybridized carbons (Fsp3) is 0.467. The Bertz CT molecular complexity index is 1970. The van der Waals surface area contributed by atoms with Gasteiger partial charge in [-0.15, -0.1) is 22.7 Å². The zero-order valence-electron chi connectivity index (χ0n) is 32.4. The Labute approximate surface area is 324 Å². The molecule has 0 radical (unpaired) electrons. The van der Waals surface area contributed by atoms with E-state index < -0.39 is 11.6 Å². The zero-order valence-corrected chi connectivity index (χ0v) is 34.0. The summed E-state index contributed by atoms with van der Waals surface area (Å²) in [5, 5.41) is 9.40. The summed E-state index contributed by atoms with van der Waals surface area (Å²) in [5.41, 5.74) is 4.45. The van der Waals surface area contributed by atoms with E-state index in [4.69, 9.17) is 9.84 Å². The molecule has 0 atom stereocenters. The summed E-state index contributed by atoms with van der Waals surface area (Å²) in [6.45, 7) is 11.7. The summed E-state index contributed by atoms with van der Waals surface area (Å²) >= 11 is 2.85. The lowest BCUT2D eigenvalue weighted by Crippen LogP contribution is -2.01. The number of allylic oxidation sites excluding steroid dienone is 1. The van der Waals surface area contributed by atoms with Gasteiger partial charge in [-0.1, -0.05) is 103 Å². The van der Waals surface area contributed by atoms with Gasteiger partial charge in [0.15, 0.2) is 11.6 Å². The maximum Gasteiger partial charge on any atom is 0.170 e. The number of aromatic nitrogens is 3. The van der Waals surface area contributed by atoms with E-state index >= 15 is 8.78 Å². The van der Waals surface area contributed by atoms with Gasteiger partial charge in [0.2, 0.25) is 0 Å². The van der Waals surface area contributed by atoms with Crippen molar-refractivity contribution in [2.24, 2.45) is 0 Å². The van der Waals surface area contributed by atoms with Gasteiger partial charge in [-0.2, -0.15) is 15.0 Å². The molecule has 0 saturated carbocycles. The number of ether oxygens (including phenoxy) is 1. The number of nitrogens with zero attached hydrogens (tertiary/aromatic N) is 3. The van der Waals surface area contributed by atoms with Crippen LogP contribution < -0.4 is 4.74 Å². The highest BCUT2D eigenvalue weighted by atomic mass is 32.1. The highest BCUT2D eigenvalue weighted by Gasteiger charge is 2.27. The van der Waals surface area contributed by atoms with Crippen LogP contribution in [0.1, 0.15) is 137 Å². The standard InChI is InChI=1S/C45H57F2N3OS2/c1-6-9-11-12-13-14-15-16-17-18-19-20-29-51-37-31-34(21-8-3)32(4)30-35(37)23-24-36-25-27-39(53-36)41-43(47)42(46)40(38-26-22-33(5)52-38)44-45(41)49-50(48-44)28-10-7-2/h8,21-27,30-31H,6-7,9-20,28-29H2,1-5H3/b21-8+,24-23+.